The average molecular weight is 240 g/mol. The van der Waals surface area contributed by atoms with Crippen LogP contribution in [0.1, 0.15) is 19.0 Å². The lowest BCUT2D eigenvalue weighted by atomic mass is 10.2. The maximum absolute atomic E-state index is 5.08. The van der Waals surface area contributed by atoms with Gasteiger partial charge in [0.2, 0.25) is 5.88 Å². The molecule has 0 aliphatic heterocycles. The minimum atomic E-state index is 0.528. The summed E-state index contributed by atoms with van der Waals surface area (Å²) in [5.41, 5.74) is 1.02. The molecule has 1 rings (SSSR count). The van der Waals surface area contributed by atoms with Crippen LogP contribution in [0, 0.1) is 0 Å². The highest BCUT2D eigenvalue weighted by Crippen LogP contribution is 2.07. The summed E-state index contributed by atoms with van der Waals surface area (Å²) in [6.45, 7) is 3.00. The number of aromatic nitrogens is 1. The first-order valence-corrected chi connectivity index (χ1v) is 6.88. The molecule has 1 aromatic heterocycles. The summed E-state index contributed by atoms with van der Waals surface area (Å²) in [4.78, 5) is 4.35. The first-order valence-electron chi connectivity index (χ1n) is 5.48. The fourth-order valence-corrected chi connectivity index (χ4v) is 1.93. The Morgan fingerprint density at radius 3 is 3.00 bits per heavy atom. The Morgan fingerprint density at radius 2 is 2.31 bits per heavy atom. The van der Waals surface area contributed by atoms with Crippen LogP contribution in [-0.2, 0) is 6.54 Å². The largest absolute Gasteiger partial charge is 0.481 e. The Bertz CT molecular complexity index is 307. The van der Waals surface area contributed by atoms with Crippen molar-refractivity contribution in [1.29, 1.82) is 0 Å². The predicted molar refractivity (Wildman–Crippen MR) is 70.1 cm³/mol. The zero-order chi connectivity index (χ0) is 11.8. The van der Waals surface area contributed by atoms with Crippen LogP contribution in [0.25, 0.3) is 0 Å². The molecule has 0 aromatic carbocycles. The van der Waals surface area contributed by atoms with Gasteiger partial charge in [0, 0.05) is 18.7 Å². The Morgan fingerprint density at radius 1 is 1.50 bits per heavy atom. The van der Waals surface area contributed by atoms with E-state index in [1.165, 1.54) is 12.2 Å². The van der Waals surface area contributed by atoms with E-state index in [-0.39, 0.29) is 0 Å². The van der Waals surface area contributed by atoms with Crippen molar-refractivity contribution in [3.05, 3.63) is 23.9 Å². The average Bonchev–Trinajstić information content (AvgIpc) is 2.34. The SMILES string of the molecule is COc1cccc(CNC(C)CCSC)n1. The van der Waals surface area contributed by atoms with Crippen LogP contribution in [0.4, 0.5) is 0 Å². The van der Waals surface area contributed by atoms with E-state index in [0.717, 1.165) is 12.2 Å². The first-order chi connectivity index (χ1) is 7.76. The van der Waals surface area contributed by atoms with Crippen LogP contribution in [0.5, 0.6) is 5.88 Å². The maximum atomic E-state index is 5.08. The van der Waals surface area contributed by atoms with Gasteiger partial charge in [0.25, 0.3) is 0 Å². The second kappa shape index (κ2) is 7.52. The van der Waals surface area contributed by atoms with Crippen molar-refractivity contribution in [2.24, 2.45) is 0 Å². The van der Waals surface area contributed by atoms with Gasteiger partial charge in [-0.3, -0.25) is 0 Å². The summed E-state index contributed by atoms with van der Waals surface area (Å²) in [5.74, 6) is 1.87. The molecule has 1 aromatic rings. The number of pyridine rings is 1. The van der Waals surface area contributed by atoms with Gasteiger partial charge in [-0.25, -0.2) is 4.98 Å². The van der Waals surface area contributed by atoms with Crippen molar-refractivity contribution < 1.29 is 4.74 Å². The quantitative estimate of drug-likeness (QED) is 0.793. The van der Waals surface area contributed by atoms with E-state index in [2.05, 4.69) is 23.5 Å². The van der Waals surface area contributed by atoms with Crippen LogP contribution in [0.3, 0.4) is 0 Å². The number of methoxy groups -OCH3 is 1. The zero-order valence-electron chi connectivity index (χ0n) is 10.2. The van der Waals surface area contributed by atoms with E-state index in [0.29, 0.717) is 11.9 Å². The van der Waals surface area contributed by atoms with Gasteiger partial charge in [-0.15, -0.1) is 0 Å². The molecular formula is C12H20N2OS. The van der Waals surface area contributed by atoms with E-state index >= 15 is 0 Å². The topological polar surface area (TPSA) is 34.1 Å². The smallest absolute Gasteiger partial charge is 0.213 e. The molecule has 1 heterocycles. The van der Waals surface area contributed by atoms with Crippen molar-refractivity contribution in [1.82, 2.24) is 10.3 Å². The van der Waals surface area contributed by atoms with Crippen LogP contribution in [0.15, 0.2) is 18.2 Å². The number of nitrogens with zero attached hydrogens (tertiary/aromatic N) is 1. The molecule has 0 spiro atoms. The molecule has 3 nitrogen and oxygen atoms in total. The Hall–Kier alpha value is -0.740. The van der Waals surface area contributed by atoms with Crippen LogP contribution in [-0.4, -0.2) is 30.1 Å². The molecule has 0 fully saturated rings. The fraction of sp³-hybridized carbons (Fsp3) is 0.583. The van der Waals surface area contributed by atoms with Gasteiger partial charge in [-0.1, -0.05) is 6.07 Å². The third-order valence-electron chi connectivity index (χ3n) is 2.38. The number of rotatable bonds is 7. The van der Waals surface area contributed by atoms with Gasteiger partial charge in [0.15, 0.2) is 0 Å². The fourth-order valence-electron chi connectivity index (χ4n) is 1.35. The van der Waals surface area contributed by atoms with Gasteiger partial charge < -0.3 is 10.1 Å². The molecule has 1 N–H and O–H groups in total. The number of thioether (sulfide) groups is 1. The summed E-state index contributed by atoms with van der Waals surface area (Å²) < 4.78 is 5.08. The number of hydrogen-bond donors (Lipinski definition) is 1. The highest BCUT2D eigenvalue weighted by atomic mass is 32.2. The minimum absolute atomic E-state index is 0.528. The monoisotopic (exact) mass is 240 g/mol. The number of ether oxygens (including phenoxy) is 1. The standard InChI is InChI=1S/C12H20N2OS/c1-10(7-8-16-3)13-9-11-5-4-6-12(14-11)15-2/h4-6,10,13H,7-9H2,1-3H3. The van der Waals surface area contributed by atoms with Crippen LogP contribution < -0.4 is 10.1 Å². The van der Waals surface area contributed by atoms with E-state index < -0.39 is 0 Å². The third kappa shape index (κ3) is 4.86. The molecule has 0 radical (unpaired) electrons. The van der Waals surface area contributed by atoms with Gasteiger partial charge in [-0.2, -0.15) is 11.8 Å². The van der Waals surface area contributed by atoms with E-state index in [1.54, 1.807) is 7.11 Å². The number of hydrogen-bond acceptors (Lipinski definition) is 4. The number of nitrogens with one attached hydrogen (secondary N) is 1. The molecule has 1 atom stereocenters. The zero-order valence-corrected chi connectivity index (χ0v) is 11.0. The summed E-state index contributed by atoms with van der Waals surface area (Å²) in [6, 6.07) is 6.37. The molecule has 0 saturated heterocycles. The first kappa shape index (κ1) is 13.3. The highest BCUT2D eigenvalue weighted by Gasteiger charge is 2.02. The molecule has 0 amide bonds. The molecule has 0 saturated carbocycles. The van der Waals surface area contributed by atoms with E-state index in [9.17, 15) is 0 Å². The molecule has 0 aliphatic carbocycles. The van der Waals surface area contributed by atoms with Crippen molar-refractivity contribution in [3.63, 3.8) is 0 Å². The van der Waals surface area contributed by atoms with Crippen molar-refractivity contribution in [2.75, 3.05) is 19.1 Å². The lowest BCUT2D eigenvalue weighted by Crippen LogP contribution is -2.26. The molecule has 90 valence electrons. The summed E-state index contributed by atoms with van der Waals surface area (Å²) >= 11 is 1.88. The molecule has 0 aliphatic rings. The van der Waals surface area contributed by atoms with Crippen LogP contribution >= 0.6 is 11.8 Å². The van der Waals surface area contributed by atoms with Gasteiger partial charge in [-0.05, 0) is 31.4 Å². The Labute approximate surface area is 102 Å². The molecule has 1 unspecified atom stereocenters. The second-order valence-electron chi connectivity index (χ2n) is 3.73. The van der Waals surface area contributed by atoms with Crippen molar-refractivity contribution in [3.8, 4) is 5.88 Å². The normalized spacial score (nSPS) is 12.4. The van der Waals surface area contributed by atoms with E-state index in [4.69, 9.17) is 4.74 Å². The van der Waals surface area contributed by atoms with Gasteiger partial charge >= 0.3 is 0 Å². The lowest BCUT2D eigenvalue weighted by molar-refractivity contribution is 0.395. The van der Waals surface area contributed by atoms with Crippen molar-refractivity contribution in [2.45, 2.75) is 25.9 Å². The third-order valence-corrected chi connectivity index (χ3v) is 3.02. The maximum Gasteiger partial charge on any atom is 0.213 e. The van der Waals surface area contributed by atoms with Gasteiger partial charge in [0.1, 0.15) is 0 Å². The lowest BCUT2D eigenvalue weighted by Gasteiger charge is -2.12. The highest BCUT2D eigenvalue weighted by molar-refractivity contribution is 7.98. The second-order valence-corrected chi connectivity index (χ2v) is 4.72. The molecule has 4 heteroatoms. The van der Waals surface area contributed by atoms with Gasteiger partial charge in [0.05, 0.1) is 12.8 Å². The summed E-state index contributed by atoms with van der Waals surface area (Å²) in [6.07, 6.45) is 3.32. The molecular weight excluding hydrogens is 220 g/mol. The molecule has 0 bridgehead atoms. The predicted octanol–water partition coefficient (Wildman–Crippen LogP) is 2.32. The molecule has 16 heavy (non-hydrogen) atoms. The van der Waals surface area contributed by atoms with E-state index in [1.807, 2.05) is 30.0 Å². The Balaban J connectivity index is 2.35. The minimum Gasteiger partial charge on any atom is -0.481 e. The van der Waals surface area contributed by atoms with Crippen LogP contribution in [0.2, 0.25) is 0 Å². The van der Waals surface area contributed by atoms with Crippen molar-refractivity contribution >= 4 is 11.8 Å². The summed E-state index contributed by atoms with van der Waals surface area (Å²) in [7, 11) is 1.64. The summed E-state index contributed by atoms with van der Waals surface area (Å²) in [5, 5.41) is 3.45. The Kier molecular flexibility index (Phi) is 6.26.